The number of nitrogens with zero attached hydrogens (tertiary/aromatic N) is 3. The Morgan fingerprint density at radius 2 is 2.20 bits per heavy atom. The highest BCUT2D eigenvalue weighted by molar-refractivity contribution is 8.13. The van der Waals surface area contributed by atoms with E-state index in [-0.39, 0.29) is 12.1 Å². The van der Waals surface area contributed by atoms with Crippen molar-refractivity contribution in [1.29, 1.82) is 0 Å². The summed E-state index contributed by atoms with van der Waals surface area (Å²) in [4.78, 5) is 17.8. The van der Waals surface area contributed by atoms with Gasteiger partial charge in [0.05, 0.1) is 5.36 Å². The molecule has 0 bridgehead atoms. The number of hydrogen-bond donors (Lipinski definition) is 1. The van der Waals surface area contributed by atoms with Crippen LogP contribution in [0, 0.1) is 5.92 Å². The standard InChI is InChI=1S/C19H22N4OS/c1-3-25-19-21-18(24)16-14-6-4-5-7-15(14)20-17(23(16)22-19)13-10-8-12(2)9-11-13/h4-8,13,17H,3,9-11H2,1-2H3,(H,21,22,24)/t13-,17-/m1/s1. The van der Waals surface area contributed by atoms with Gasteiger partial charge in [0.25, 0.3) is 5.91 Å². The molecule has 130 valence electrons. The first-order valence-electron chi connectivity index (χ1n) is 8.82. The van der Waals surface area contributed by atoms with Crippen LogP contribution in [0.5, 0.6) is 0 Å². The number of amidine groups is 1. The summed E-state index contributed by atoms with van der Waals surface area (Å²) in [5.41, 5.74) is 2.07. The highest BCUT2D eigenvalue weighted by Gasteiger charge is 2.37. The molecule has 1 aromatic rings. The van der Waals surface area contributed by atoms with Crippen molar-refractivity contribution in [3.63, 3.8) is 0 Å². The van der Waals surface area contributed by atoms with Gasteiger partial charge < -0.3 is 0 Å². The molecule has 1 aromatic carbocycles. The molecule has 1 amide bonds. The topological polar surface area (TPSA) is 57.1 Å². The maximum atomic E-state index is 12.8. The molecule has 3 aliphatic rings. The number of hydrogen-bond acceptors (Lipinski definition) is 5. The normalized spacial score (nSPS) is 25.3. The minimum absolute atomic E-state index is 0.0826. The summed E-state index contributed by atoms with van der Waals surface area (Å²) in [7, 11) is 0. The summed E-state index contributed by atoms with van der Waals surface area (Å²) >= 11 is 1.55. The molecule has 6 heteroatoms. The predicted molar refractivity (Wildman–Crippen MR) is 101 cm³/mol. The van der Waals surface area contributed by atoms with Crippen LogP contribution in [0.4, 0.5) is 0 Å². The molecule has 0 spiro atoms. The van der Waals surface area contributed by atoms with Gasteiger partial charge in [0.2, 0.25) is 0 Å². The summed E-state index contributed by atoms with van der Waals surface area (Å²) in [5.74, 6) is 1.15. The van der Waals surface area contributed by atoms with Gasteiger partial charge >= 0.3 is 0 Å². The molecule has 0 fully saturated rings. The highest BCUT2D eigenvalue weighted by atomic mass is 32.2. The molecule has 0 saturated carbocycles. The smallest absolute Gasteiger partial charge is 0.276 e. The number of nitrogens with one attached hydrogen (secondary N) is 1. The molecular weight excluding hydrogens is 332 g/mol. The van der Waals surface area contributed by atoms with Gasteiger partial charge in [-0.2, -0.15) is 0 Å². The third-order valence-corrected chi connectivity index (χ3v) is 5.67. The number of carbonyl (C=O) groups excluding carboxylic acids is 1. The number of fused-ring (bicyclic) bond motifs is 2. The maximum Gasteiger partial charge on any atom is 0.276 e. The Hall–Kier alpha value is -2.08. The Morgan fingerprint density at radius 3 is 2.96 bits per heavy atom. The Labute approximate surface area is 151 Å². The zero-order valence-corrected chi connectivity index (χ0v) is 15.3. The fraction of sp³-hybridized carbons (Fsp3) is 0.421. The van der Waals surface area contributed by atoms with Crippen molar-refractivity contribution in [3.8, 4) is 0 Å². The van der Waals surface area contributed by atoms with Gasteiger partial charge in [-0.25, -0.2) is 5.01 Å². The van der Waals surface area contributed by atoms with Gasteiger partial charge in [0, 0.05) is 11.1 Å². The Kier molecular flexibility index (Phi) is 4.37. The van der Waals surface area contributed by atoms with Crippen LogP contribution in [0.3, 0.4) is 0 Å². The van der Waals surface area contributed by atoms with Gasteiger partial charge in [-0.15, -0.1) is 5.10 Å². The van der Waals surface area contributed by atoms with E-state index in [1.807, 2.05) is 29.3 Å². The number of thioether (sulfide) groups is 1. The molecule has 0 radical (unpaired) electrons. The average Bonchev–Trinajstić information content (AvgIpc) is 2.62. The van der Waals surface area contributed by atoms with Gasteiger partial charge in [-0.3, -0.25) is 15.1 Å². The molecular formula is C19H22N4OS. The zero-order chi connectivity index (χ0) is 17.4. The molecule has 2 heterocycles. The van der Waals surface area contributed by atoms with Gasteiger partial charge in [0.15, 0.2) is 5.17 Å². The van der Waals surface area contributed by atoms with E-state index in [4.69, 9.17) is 10.1 Å². The average molecular weight is 354 g/mol. The van der Waals surface area contributed by atoms with Crippen LogP contribution in [0.2, 0.25) is 0 Å². The van der Waals surface area contributed by atoms with Gasteiger partial charge in [-0.1, -0.05) is 48.5 Å². The highest BCUT2D eigenvalue weighted by Crippen LogP contribution is 2.32. The molecule has 25 heavy (non-hydrogen) atoms. The number of carbonyl (C=O) groups is 1. The molecule has 5 nitrogen and oxygen atoms in total. The second-order valence-corrected chi connectivity index (χ2v) is 7.88. The van der Waals surface area contributed by atoms with Crippen molar-refractivity contribution >= 4 is 28.5 Å². The fourth-order valence-corrected chi connectivity index (χ4v) is 4.20. The van der Waals surface area contributed by atoms with E-state index in [9.17, 15) is 4.79 Å². The molecule has 2 atom stereocenters. The van der Waals surface area contributed by atoms with Crippen molar-refractivity contribution in [3.05, 3.63) is 46.5 Å². The predicted octanol–water partition coefficient (Wildman–Crippen LogP) is 1.96. The van der Waals surface area contributed by atoms with Crippen LogP contribution < -0.4 is 15.9 Å². The Bertz CT molecular complexity index is 889. The van der Waals surface area contributed by atoms with E-state index in [0.717, 1.165) is 35.6 Å². The van der Waals surface area contributed by atoms with E-state index in [2.05, 4.69) is 25.2 Å². The van der Waals surface area contributed by atoms with E-state index < -0.39 is 0 Å². The number of allylic oxidation sites excluding steroid dienone is 2. The summed E-state index contributed by atoms with van der Waals surface area (Å²) in [6, 6.07) is 7.86. The summed E-state index contributed by atoms with van der Waals surface area (Å²) < 4.78 is 0. The van der Waals surface area contributed by atoms with Gasteiger partial charge in [-0.05, 0) is 38.0 Å². The number of benzene rings is 1. The van der Waals surface area contributed by atoms with Crippen LogP contribution in [0.25, 0.3) is 5.70 Å². The minimum atomic E-state index is -0.118. The first-order valence-corrected chi connectivity index (χ1v) is 9.80. The second kappa shape index (κ2) is 6.67. The van der Waals surface area contributed by atoms with Crippen molar-refractivity contribution in [2.24, 2.45) is 16.0 Å². The Balaban J connectivity index is 1.84. The van der Waals surface area contributed by atoms with Crippen LogP contribution in [-0.2, 0) is 4.79 Å². The number of hydrazone groups is 1. The van der Waals surface area contributed by atoms with Crippen LogP contribution >= 0.6 is 11.8 Å². The lowest BCUT2D eigenvalue weighted by Gasteiger charge is -2.38. The lowest BCUT2D eigenvalue weighted by atomic mass is 9.87. The molecule has 0 aromatic heterocycles. The van der Waals surface area contributed by atoms with Crippen molar-refractivity contribution in [2.45, 2.75) is 39.3 Å². The first kappa shape index (κ1) is 16.4. The molecule has 1 N–H and O–H groups in total. The van der Waals surface area contributed by atoms with E-state index in [1.165, 1.54) is 5.57 Å². The van der Waals surface area contributed by atoms with E-state index in [1.54, 1.807) is 11.8 Å². The third-order valence-electron chi connectivity index (χ3n) is 4.93. The summed E-state index contributed by atoms with van der Waals surface area (Å²) in [6.45, 7) is 4.24. The third kappa shape index (κ3) is 2.99. The summed E-state index contributed by atoms with van der Waals surface area (Å²) in [5, 5.41) is 12.0. The van der Waals surface area contributed by atoms with Crippen LogP contribution in [-0.4, -0.2) is 28.0 Å². The Morgan fingerprint density at radius 1 is 1.36 bits per heavy atom. The fourth-order valence-electron chi connectivity index (χ4n) is 3.62. The van der Waals surface area contributed by atoms with Crippen molar-refractivity contribution in [2.75, 3.05) is 5.75 Å². The molecule has 1 aliphatic carbocycles. The first-order chi connectivity index (χ1) is 12.2. The lowest BCUT2D eigenvalue weighted by molar-refractivity contribution is -0.116. The maximum absolute atomic E-state index is 12.8. The van der Waals surface area contributed by atoms with E-state index >= 15 is 0 Å². The summed E-state index contributed by atoms with van der Waals surface area (Å²) in [6.07, 6.45) is 5.34. The molecule has 4 rings (SSSR count). The van der Waals surface area contributed by atoms with Crippen LogP contribution in [0.1, 0.15) is 33.1 Å². The number of para-hydroxylation sites is 1. The monoisotopic (exact) mass is 354 g/mol. The zero-order valence-electron chi connectivity index (χ0n) is 14.5. The number of rotatable bonds is 2. The molecule has 0 unspecified atom stereocenters. The molecule has 0 saturated heterocycles. The van der Waals surface area contributed by atoms with E-state index in [0.29, 0.717) is 16.8 Å². The van der Waals surface area contributed by atoms with Crippen molar-refractivity contribution < 1.29 is 4.79 Å². The lowest BCUT2D eigenvalue weighted by Crippen LogP contribution is -2.54. The minimum Gasteiger partial charge on any atom is -0.298 e. The quantitative estimate of drug-likeness (QED) is 0.826. The SMILES string of the molecule is CCSC1=NN2C(=c3ccccc3=N[C@H]2[C@@H]2CC=C(C)CC2)C(=O)N1. The number of amides is 1. The van der Waals surface area contributed by atoms with Crippen molar-refractivity contribution in [1.82, 2.24) is 10.3 Å². The van der Waals surface area contributed by atoms with Gasteiger partial charge in [0.1, 0.15) is 11.9 Å². The largest absolute Gasteiger partial charge is 0.298 e. The van der Waals surface area contributed by atoms with Crippen LogP contribution in [0.15, 0.2) is 46.0 Å². The molecule has 2 aliphatic heterocycles. The second-order valence-electron chi connectivity index (χ2n) is 6.63.